The number of carbonyl (C=O) groups excluding carboxylic acids is 1. The van der Waals surface area contributed by atoms with Crippen molar-refractivity contribution < 1.29 is 4.79 Å². The second-order valence-corrected chi connectivity index (χ2v) is 8.02. The van der Waals surface area contributed by atoms with E-state index in [4.69, 9.17) is 0 Å². The predicted octanol–water partition coefficient (Wildman–Crippen LogP) is 3.81. The molecule has 144 valence electrons. The SMILES string of the molecule is Cc1nc2ccccc2c(=O)n1-c1ccc(C(=O)N2CC(C)CC(C)C2)cc1. The molecule has 2 heterocycles. The van der Waals surface area contributed by atoms with Crippen molar-refractivity contribution in [3.05, 3.63) is 70.3 Å². The average molecular weight is 375 g/mol. The first-order valence-corrected chi connectivity index (χ1v) is 9.82. The molecule has 0 spiro atoms. The molecule has 1 aliphatic heterocycles. The second-order valence-electron chi connectivity index (χ2n) is 8.02. The van der Waals surface area contributed by atoms with Crippen molar-refractivity contribution in [2.45, 2.75) is 27.2 Å². The summed E-state index contributed by atoms with van der Waals surface area (Å²) in [7, 11) is 0. The first-order chi connectivity index (χ1) is 13.4. The molecule has 1 fully saturated rings. The fourth-order valence-electron chi connectivity index (χ4n) is 4.31. The number of aryl methyl sites for hydroxylation is 1. The molecule has 0 saturated carbocycles. The van der Waals surface area contributed by atoms with Gasteiger partial charge in [-0.3, -0.25) is 14.2 Å². The highest BCUT2D eigenvalue weighted by atomic mass is 16.2. The Hall–Kier alpha value is -2.95. The molecule has 28 heavy (non-hydrogen) atoms. The quantitative estimate of drug-likeness (QED) is 0.684. The van der Waals surface area contributed by atoms with E-state index in [-0.39, 0.29) is 11.5 Å². The summed E-state index contributed by atoms with van der Waals surface area (Å²) in [5, 5.41) is 0.588. The number of likely N-dealkylation sites (tertiary alicyclic amines) is 1. The lowest BCUT2D eigenvalue weighted by Gasteiger charge is -2.35. The van der Waals surface area contributed by atoms with E-state index in [9.17, 15) is 9.59 Å². The van der Waals surface area contributed by atoms with Gasteiger partial charge in [0.25, 0.3) is 11.5 Å². The Morgan fingerprint density at radius 3 is 2.32 bits per heavy atom. The maximum absolute atomic E-state index is 12.9. The van der Waals surface area contributed by atoms with Crippen LogP contribution in [0.3, 0.4) is 0 Å². The number of benzene rings is 2. The van der Waals surface area contributed by atoms with Crippen LogP contribution in [0.1, 0.15) is 36.5 Å². The molecule has 2 atom stereocenters. The van der Waals surface area contributed by atoms with E-state index in [0.29, 0.717) is 34.1 Å². The minimum absolute atomic E-state index is 0.0608. The number of para-hydroxylation sites is 1. The minimum atomic E-state index is -0.0964. The van der Waals surface area contributed by atoms with Gasteiger partial charge in [0.2, 0.25) is 0 Å². The largest absolute Gasteiger partial charge is 0.338 e. The van der Waals surface area contributed by atoms with Gasteiger partial charge < -0.3 is 4.90 Å². The van der Waals surface area contributed by atoms with Gasteiger partial charge in [-0.15, -0.1) is 0 Å². The van der Waals surface area contributed by atoms with Crippen LogP contribution in [0.2, 0.25) is 0 Å². The zero-order valence-corrected chi connectivity index (χ0v) is 16.6. The summed E-state index contributed by atoms with van der Waals surface area (Å²) in [5.74, 6) is 1.74. The molecule has 1 saturated heterocycles. The summed E-state index contributed by atoms with van der Waals surface area (Å²) in [4.78, 5) is 32.3. The fraction of sp³-hybridized carbons (Fsp3) is 0.348. The molecule has 1 aliphatic rings. The van der Waals surface area contributed by atoms with Crippen molar-refractivity contribution in [2.75, 3.05) is 13.1 Å². The molecular formula is C23H25N3O2. The van der Waals surface area contributed by atoms with E-state index in [1.165, 1.54) is 6.42 Å². The highest BCUT2D eigenvalue weighted by Crippen LogP contribution is 2.23. The van der Waals surface area contributed by atoms with E-state index in [1.54, 1.807) is 10.6 Å². The van der Waals surface area contributed by atoms with Crippen molar-refractivity contribution in [1.82, 2.24) is 14.5 Å². The second kappa shape index (κ2) is 7.23. The molecule has 0 N–H and O–H groups in total. The average Bonchev–Trinajstić information content (AvgIpc) is 2.67. The number of rotatable bonds is 2. The lowest BCUT2D eigenvalue weighted by Crippen LogP contribution is -2.42. The summed E-state index contributed by atoms with van der Waals surface area (Å²) < 4.78 is 1.60. The van der Waals surface area contributed by atoms with E-state index >= 15 is 0 Å². The standard InChI is InChI=1S/C23H25N3O2/c1-15-12-16(2)14-25(13-15)22(27)18-8-10-19(11-9-18)26-17(3)24-21-7-5-4-6-20(21)23(26)28/h4-11,15-16H,12-14H2,1-3H3. The van der Waals surface area contributed by atoms with Crippen LogP contribution in [0.25, 0.3) is 16.6 Å². The lowest BCUT2D eigenvalue weighted by atomic mass is 9.91. The number of aromatic nitrogens is 2. The van der Waals surface area contributed by atoms with Gasteiger partial charge >= 0.3 is 0 Å². The van der Waals surface area contributed by atoms with Crippen molar-refractivity contribution >= 4 is 16.8 Å². The molecule has 0 aliphatic carbocycles. The van der Waals surface area contributed by atoms with Gasteiger partial charge in [0.15, 0.2) is 0 Å². The smallest absolute Gasteiger partial charge is 0.265 e. The summed E-state index contributed by atoms with van der Waals surface area (Å²) in [6.45, 7) is 7.82. The summed E-state index contributed by atoms with van der Waals surface area (Å²) in [6, 6.07) is 14.6. The van der Waals surface area contributed by atoms with Gasteiger partial charge in [0, 0.05) is 18.7 Å². The molecule has 0 bridgehead atoms. The van der Waals surface area contributed by atoms with Crippen LogP contribution >= 0.6 is 0 Å². The third-order valence-corrected chi connectivity index (χ3v) is 5.47. The van der Waals surface area contributed by atoms with E-state index < -0.39 is 0 Å². The summed E-state index contributed by atoms with van der Waals surface area (Å²) in [6.07, 6.45) is 1.17. The van der Waals surface area contributed by atoms with E-state index in [0.717, 1.165) is 18.8 Å². The van der Waals surface area contributed by atoms with Crippen LogP contribution in [-0.4, -0.2) is 33.4 Å². The molecule has 2 unspecified atom stereocenters. The molecule has 1 aromatic heterocycles. The van der Waals surface area contributed by atoms with Gasteiger partial charge in [-0.05, 0) is 61.6 Å². The van der Waals surface area contributed by atoms with Crippen LogP contribution in [0.4, 0.5) is 0 Å². The van der Waals surface area contributed by atoms with Gasteiger partial charge in [-0.2, -0.15) is 0 Å². The molecule has 5 heteroatoms. The van der Waals surface area contributed by atoms with Gasteiger partial charge in [0.05, 0.1) is 16.6 Å². The topological polar surface area (TPSA) is 55.2 Å². The highest BCUT2D eigenvalue weighted by molar-refractivity contribution is 5.94. The molecule has 2 aromatic carbocycles. The Bertz CT molecular complexity index is 1080. The van der Waals surface area contributed by atoms with Gasteiger partial charge in [-0.1, -0.05) is 26.0 Å². The van der Waals surface area contributed by atoms with Crippen LogP contribution in [-0.2, 0) is 0 Å². The molecule has 3 aromatic rings. The van der Waals surface area contributed by atoms with Crippen LogP contribution in [0, 0.1) is 18.8 Å². The van der Waals surface area contributed by atoms with Crippen molar-refractivity contribution in [3.63, 3.8) is 0 Å². The van der Waals surface area contributed by atoms with Gasteiger partial charge in [0.1, 0.15) is 5.82 Å². The van der Waals surface area contributed by atoms with Gasteiger partial charge in [-0.25, -0.2) is 4.98 Å². The van der Waals surface area contributed by atoms with E-state index in [2.05, 4.69) is 18.8 Å². The van der Waals surface area contributed by atoms with E-state index in [1.807, 2.05) is 54.3 Å². The number of piperidine rings is 1. The minimum Gasteiger partial charge on any atom is -0.338 e. The molecule has 5 nitrogen and oxygen atoms in total. The van der Waals surface area contributed by atoms with Crippen molar-refractivity contribution in [3.8, 4) is 5.69 Å². The third kappa shape index (κ3) is 3.33. The summed E-state index contributed by atoms with van der Waals surface area (Å²) in [5.41, 5.74) is 1.98. The third-order valence-electron chi connectivity index (χ3n) is 5.47. The number of nitrogens with zero attached hydrogens (tertiary/aromatic N) is 3. The Kier molecular flexibility index (Phi) is 4.75. The van der Waals surface area contributed by atoms with Crippen molar-refractivity contribution in [1.29, 1.82) is 0 Å². The Morgan fingerprint density at radius 1 is 1.00 bits per heavy atom. The normalized spacial score (nSPS) is 19.8. The lowest BCUT2D eigenvalue weighted by molar-refractivity contribution is 0.0623. The van der Waals surface area contributed by atoms with Crippen LogP contribution in [0.15, 0.2) is 53.3 Å². The molecule has 1 amide bonds. The fourth-order valence-corrected chi connectivity index (χ4v) is 4.31. The number of amides is 1. The molecule has 0 radical (unpaired) electrons. The molecule has 4 rings (SSSR count). The maximum atomic E-state index is 12.9. The predicted molar refractivity (Wildman–Crippen MR) is 111 cm³/mol. The highest BCUT2D eigenvalue weighted by Gasteiger charge is 2.26. The monoisotopic (exact) mass is 375 g/mol. The Morgan fingerprint density at radius 2 is 1.64 bits per heavy atom. The van der Waals surface area contributed by atoms with Crippen LogP contribution in [0.5, 0.6) is 0 Å². The number of fused-ring (bicyclic) bond motifs is 1. The van der Waals surface area contributed by atoms with Crippen LogP contribution < -0.4 is 5.56 Å². The number of carbonyl (C=O) groups is 1. The zero-order valence-electron chi connectivity index (χ0n) is 16.6. The number of hydrogen-bond donors (Lipinski definition) is 0. The number of hydrogen-bond acceptors (Lipinski definition) is 3. The Balaban J connectivity index is 1.66. The summed E-state index contributed by atoms with van der Waals surface area (Å²) >= 11 is 0. The maximum Gasteiger partial charge on any atom is 0.265 e. The Labute approximate surface area is 164 Å². The molecular weight excluding hydrogens is 350 g/mol. The zero-order chi connectivity index (χ0) is 19.8. The van der Waals surface area contributed by atoms with Crippen molar-refractivity contribution in [2.24, 2.45) is 11.8 Å². The first-order valence-electron chi connectivity index (χ1n) is 9.82. The first kappa shape index (κ1) is 18.4.